The second kappa shape index (κ2) is 4.90. The summed E-state index contributed by atoms with van der Waals surface area (Å²) in [6, 6.07) is 0. The average molecular weight is 261 g/mol. The Morgan fingerprint density at radius 1 is 1.33 bits per heavy atom. The van der Waals surface area contributed by atoms with Gasteiger partial charge in [0.05, 0.1) is 6.61 Å². The molecule has 0 radical (unpaired) electrons. The van der Waals surface area contributed by atoms with Gasteiger partial charge >= 0.3 is 5.76 Å². The minimum atomic E-state index is -1.44. The summed E-state index contributed by atoms with van der Waals surface area (Å²) >= 11 is 0. The number of aromatic amines is 1. The highest BCUT2D eigenvalue weighted by molar-refractivity contribution is 5.10. The van der Waals surface area contributed by atoms with Crippen molar-refractivity contribution in [2.45, 2.75) is 24.6 Å². The van der Waals surface area contributed by atoms with E-state index >= 15 is 0 Å². The molecule has 9 heteroatoms. The van der Waals surface area contributed by atoms with Crippen molar-refractivity contribution in [1.29, 1.82) is 0 Å². The lowest BCUT2D eigenvalue weighted by Gasteiger charge is -2.15. The molecule has 1 aliphatic heterocycles. The van der Waals surface area contributed by atoms with Gasteiger partial charge in [0, 0.05) is 0 Å². The third-order valence-corrected chi connectivity index (χ3v) is 2.45. The monoisotopic (exact) mass is 261 g/mol. The van der Waals surface area contributed by atoms with Gasteiger partial charge in [-0.05, 0) is 0 Å². The van der Waals surface area contributed by atoms with Crippen molar-refractivity contribution in [3.63, 3.8) is 0 Å². The molecule has 4 N–H and O–H groups in total. The SMILES string of the molecule is O=c1[nH]c(=O)c(OC2OC(CO)C(O)C2O)co1. The predicted octanol–water partition coefficient (Wildman–Crippen LogP) is -2.85. The standard InChI is InChI=1S/C9H11NO8/c11-1-3-5(12)6(13)8(17-3)18-4-2-16-9(15)10-7(4)14/h2-3,5-6,8,11-13H,1H2,(H,10,14,15). The third kappa shape index (κ3) is 2.29. The predicted molar refractivity (Wildman–Crippen MR) is 54.0 cm³/mol. The second-order valence-electron chi connectivity index (χ2n) is 3.67. The molecule has 4 atom stereocenters. The van der Waals surface area contributed by atoms with Crippen molar-refractivity contribution < 1.29 is 29.2 Å². The summed E-state index contributed by atoms with van der Waals surface area (Å²) in [6.45, 7) is -0.516. The van der Waals surface area contributed by atoms with Gasteiger partial charge in [0.25, 0.3) is 5.56 Å². The Balaban J connectivity index is 2.15. The number of aliphatic hydroxyl groups excluding tert-OH is 3. The first-order valence-electron chi connectivity index (χ1n) is 5.04. The van der Waals surface area contributed by atoms with Crippen LogP contribution in [-0.2, 0) is 4.74 Å². The van der Waals surface area contributed by atoms with E-state index in [9.17, 15) is 19.8 Å². The third-order valence-electron chi connectivity index (χ3n) is 2.45. The summed E-state index contributed by atoms with van der Waals surface area (Å²) in [5.41, 5.74) is -0.857. The molecule has 0 spiro atoms. The van der Waals surface area contributed by atoms with E-state index < -0.39 is 42.5 Å². The van der Waals surface area contributed by atoms with E-state index in [-0.39, 0.29) is 5.75 Å². The van der Waals surface area contributed by atoms with E-state index in [0.29, 0.717) is 0 Å². The van der Waals surface area contributed by atoms with E-state index in [4.69, 9.17) is 14.6 Å². The maximum atomic E-state index is 11.3. The van der Waals surface area contributed by atoms with Crippen LogP contribution in [0.15, 0.2) is 20.3 Å². The van der Waals surface area contributed by atoms with Crippen LogP contribution in [0.1, 0.15) is 0 Å². The molecule has 1 fully saturated rings. The molecule has 0 aliphatic carbocycles. The minimum Gasteiger partial charge on any atom is -0.453 e. The summed E-state index contributed by atoms with van der Waals surface area (Å²) in [4.78, 5) is 23.8. The topological polar surface area (TPSA) is 142 Å². The Labute approximate surface area is 99.2 Å². The lowest BCUT2D eigenvalue weighted by atomic mass is 10.1. The highest BCUT2D eigenvalue weighted by Gasteiger charge is 2.44. The number of H-pyrrole nitrogens is 1. The zero-order valence-corrected chi connectivity index (χ0v) is 8.98. The molecular formula is C9H11NO8. The highest BCUT2D eigenvalue weighted by atomic mass is 16.7. The molecule has 1 aromatic rings. The summed E-state index contributed by atoms with van der Waals surface area (Å²) in [5.74, 6) is -1.34. The van der Waals surface area contributed by atoms with Gasteiger partial charge < -0.3 is 29.2 Å². The van der Waals surface area contributed by atoms with Crippen molar-refractivity contribution in [2.75, 3.05) is 6.61 Å². The maximum Gasteiger partial charge on any atom is 0.419 e. The molecule has 0 bridgehead atoms. The minimum absolute atomic E-state index is 0.385. The van der Waals surface area contributed by atoms with Crippen LogP contribution in [0.5, 0.6) is 5.75 Å². The van der Waals surface area contributed by atoms with Crippen LogP contribution in [-0.4, -0.2) is 51.5 Å². The van der Waals surface area contributed by atoms with Gasteiger partial charge in [-0.15, -0.1) is 0 Å². The van der Waals surface area contributed by atoms with Gasteiger partial charge in [-0.1, -0.05) is 0 Å². The average Bonchev–Trinajstić information content (AvgIpc) is 2.60. The first-order chi connectivity index (χ1) is 8.52. The Hall–Kier alpha value is -1.68. The van der Waals surface area contributed by atoms with Gasteiger partial charge in [-0.2, -0.15) is 0 Å². The molecule has 1 saturated heterocycles. The van der Waals surface area contributed by atoms with E-state index in [2.05, 4.69) is 4.42 Å². The normalized spacial score (nSPS) is 31.5. The van der Waals surface area contributed by atoms with E-state index in [1.807, 2.05) is 4.98 Å². The molecule has 0 saturated carbocycles. The van der Waals surface area contributed by atoms with Crippen molar-refractivity contribution >= 4 is 0 Å². The molecular weight excluding hydrogens is 250 g/mol. The van der Waals surface area contributed by atoms with Crippen LogP contribution < -0.4 is 16.1 Å². The van der Waals surface area contributed by atoms with Gasteiger partial charge in [-0.3, -0.25) is 9.78 Å². The van der Waals surface area contributed by atoms with Crippen LogP contribution in [0, 0.1) is 0 Å². The van der Waals surface area contributed by atoms with Crippen molar-refractivity contribution in [3.8, 4) is 5.75 Å². The summed E-state index contributed by atoms with van der Waals surface area (Å²) in [6.07, 6.45) is -4.37. The molecule has 2 rings (SSSR count). The fourth-order valence-corrected chi connectivity index (χ4v) is 1.51. The van der Waals surface area contributed by atoms with Crippen LogP contribution in [0.4, 0.5) is 0 Å². The van der Waals surface area contributed by atoms with Gasteiger partial charge in [0.2, 0.25) is 12.0 Å². The van der Waals surface area contributed by atoms with Crippen LogP contribution in [0.2, 0.25) is 0 Å². The maximum absolute atomic E-state index is 11.3. The molecule has 1 aromatic heterocycles. The van der Waals surface area contributed by atoms with Crippen LogP contribution in [0.3, 0.4) is 0 Å². The summed E-state index contributed by atoms with van der Waals surface area (Å²) < 4.78 is 14.3. The summed E-state index contributed by atoms with van der Waals surface area (Å²) in [7, 11) is 0. The summed E-state index contributed by atoms with van der Waals surface area (Å²) in [5, 5.41) is 27.8. The number of hydrogen-bond donors (Lipinski definition) is 4. The number of aliphatic hydroxyl groups is 3. The first-order valence-corrected chi connectivity index (χ1v) is 5.04. The number of aromatic nitrogens is 1. The Kier molecular flexibility index (Phi) is 3.48. The fraction of sp³-hybridized carbons (Fsp3) is 0.556. The lowest BCUT2D eigenvalue weighted by Crippen LogP contribution is -2.36. The molecule has 4 unspecified atom stereocenters. The number of hydrogen-bond acceptors (Lipinski definition) is 8. The Bertz CT molecular complexity index is 522. The number of ether oxygens (including phenoxy) is 2. The van der Waals surface area contributed by atoms with Gasteiger partial charge in [0.1, 0.15) is 24.6 Å². The zero-order valence-electron chi connectivity index (χ0n) is 8.98. The molecule has 18 heavy (non-hydrogen) atoms. The number of nitrogens with one attached hydrogen (secondary N) is 1. The largest absolute Gasteiger partial charge is 0.453 e. The second-order valence-corrected chi connectivity index (χ2v) is 3.67. The van der Waals surface area contributed by atoms with E-state index in [0.717, 1.165) is 6.26 Å². The van der Waals surface area contributed by atoms with Crippen molar-refractivity contribution in [3.05, 3.63) is 27.2 Å². The molecule has 1 aliphatic rings. The van der Waals surface area contributed by atoms with Crippen LogP contribution >= 0.6 is 0 Å². The highest BCUT2D eigenvalue weighted by Crippen LogP contribution is 2.22. The molecule has 0 aromatic carbocycles. The molecule has 100 valence electrons. The van der Waals surface area contributed by atoms with Gasteiger partial charge in [-0.25, -0.2) is 4.79 Å². The fourth-order valence-electron chi connectivity index (χ4n) is 1.51. The molecule has 2 heterocycles. The lowest BCUT2D eigenvalue weighted by molar-refractivity contribution is -0.117. The van der Waals surface area contributed by atoms with Crippen molar-refractivity contribution in [1.82, 2.24) is 4.98 Å². The van der Waals surface area contributed by atoms with Crippen LogP contribution in [0.25, 0.3) is 0 Å². The Morgan fingerprint density at radius 3 is 2.61 bits per heavy atom. The van der Waals surface area contributed by atoms with Gasteiger partial charge in [0.15, 0.2) is 0 Å². The smallest absolute Gasteiger partial charge is 0.419 e. The van der Waals surface area contributed by atoms with E-state index in [1.54, 1.807) is 0 Å². The van der Waals surface area contributed by atoms with Crippen molar-refractivity contribution in [2.24, 2.45) is 0 Å². The molecule has 9 nitrogen and oxygen atoms in total. The molecule has 0 amide bonds. The zero-order chi connectivity index (χ0) is 13.3. The van der Waals surface area contributed by atoms with E-state index in [1.165, 1.54) is 0 Å². The Morgan fingerprint density at radius 2 is 2.06 bits per heavy atom. The number of rotatable bonds is 3. The first kappa shape index (κ1) is 12.8. The quantitative estimate of drug-likeness (QED) is 0.455.